The van der Waals surface area contributed by atoms with E-state index in [4.69, 9.17) is 4.42 Å². The fourth-order valence-corrected chi connectivity index (χ4v) is 1.58. The first-order valence-corrected chi connectivity index (χ1v) is 5.83. The zero-order valence-corrected chi connectivity index (χ0v) is 10.3. The molecule has 0 spiro atoms. The summed E-state index contributed by atoms with van der Waals surface area (Å²) in [5.41, 5.74) is 1.17. The van der Waals surface area contributed by atoms with E-state index in [9.17, 15) is 0 Å². The molecule has 0 aromatic carbocycles. The second-order valence-corrected chi connectivity index (χ2v) is 4.54. The number of nitrogens with one attached hydrogen (secondary N) is 1. The molecule has 0 unspecified atom stereocenters. The quantitative estimate of drug-likeness (QED) is 0.826. The van der Waals surface area contributed by atoms with Gasteiger partial charge in [-0.3, -0.25) is 0 Å². The van der Waals surface area contributed by atoms with Crippen LogP contribution in [0.15, 0.2) is 29.4 Å². The van der Waals surface area contributed by atoms with Crippen molar-refractivity contribution in [2.24, 2.45) is 5.92 Å². The van der Waals surface area contributed by atoms with Crippen LogP contribution in [0.5, 0.6) is 0 Å². The molecule has 2 heterocycles. The molecule has 0 aliphatic heterocycles. The molecular weight excluding hydrogens is 216 g/mol. The summed E-state index contributed by atoms with van der Waals surface area (Å²) in [7, 11) is 0. The summed E-state index contributed by atoms with van der Waals surface area (Å²) in [6, 6.07) is 2.05. The van der Waals surface area contributed by atoms with Gasteiger partial charge in [-0.1, -0.05) is 13.8 Å². The van der Waals surface area contributed by atoms with Crippen molar-refractivity contribution in [2.45, 2.75) is 26.9 Å². The maximum absolute atomic E-state index is 5.47. The molecule has 0 saturated heterocycles. The highest BCUT2D eigenvalue weighted by Gasteiger charge is 2.03. The minimum atomic E-state index is 0.629. The summed E-state index contributed by atoms with van der Waals surface area (Å²) >= 11 is 0. The van der Waals surface area contributed by atoms with Crippen LogP contribution in [0.25, 0.3) is 0 Å². The van der Waals surface area contributed by atoms with E-state index in [0.29, 0.717) is 12.5 Å². The highest BCUT2D eigenvalue weighted by Crippen LogP contribution is 2.08. The van der Waals surface area contributed by atoms with E-state index in [1.807, 2.05) is 0 Å². The Morgan fingerprint density at radius 2 is 2.35 bits per heavy atom. The van der Waals surface area contributed by atoms with Gasteiger partial charge in [0.15, 0.2) is 0 Å². The SMILES string of the molecule is CC(C)CNCc1coc(Cn2cncn2)c1. The minimum Gasteiger partial charge on any atom is -0.467 e. The van der Waals surface area contributed by atoms with Crippen molar-refractivity contribution in [2.75, 3.05) is 6.54 Å². The number of rotatable bonds is 6. The molecule has 1 N–H and O–H groups in total. The normalized spacial score (nSPS) is 11.2. The summed E-state index contributed by atoms with van der Waals surface area (Å²) in [6.07, 6.45) is 4.99. The molecule has 0 radical (unpaired) electrons. The number of aromatic nitrogens is 3. The predicted molar refractivity (Wildman–Crippen MR) is 64.4 cm³/mol. The van der Waals surface area contributed by atoms with Gasteiger partial charge in [-0.05, 0) is 18.5 Å². The third-order valence-electron chi connectivity index (χ3n) is 2.37. The van der Waals surface area contributed by atoms with Gasteiger partial charge in [0, 0.05) is 12.1 Å². The van der Waals surface area contributed by atoms with Crippen LogP contribution in [0.2, 0.25) is 0 Å². The average Bonchev–Trinajstić information content (AvgIpc) is 2.90. The number of furan rings is 1. The van der Waals surface area contributed by atoms with Crippen molar-refractivity contribution in [1.82, 2.24) is 20.1 Å². The van der Waals surface area contributed by atoms with Gasteiger partial charge in [0.1, 0.15) is 25.0 Å². The molecule has 17 heavy (non-hydrogen) atoms. The third kappa shape index (κ3) is 3.71. The molecule has 0 aliphatic rings. The van der Waals surface area contributed by atoms with Crippen LogP contribution >= 0.6 is 0 Å². The molecule has 92 valence electrons. The van der Waals surface area contributed by atoms with Gasteiger partial charge < -0.3 is 9.73 Å². The Labute approximate surface area is 101 Å². The van der Waals surface area contributed by atoms with E-state index >= 15 is 0 Å². The van der Waals surface area contributed by atoms with Crippen LogP contribution in [0.1, 0.15) is 25.2 Å². The van der Waals surface area contributed by atoms with E-state index in [1.165, 1.54) is 11.9 Å². The topological polar surface area (TPSA) is 55.9 Å². The maximum Gasteiger partial charge on any atom is 0.137 e. The second kappa shape index (κ2) is 5.63. The summed E-state index contributed by atoms with van der Waals surface area (Å²) in [5, 5.41) is 7.41. The van der Waals surface area contributed by atoms with E-state index in [-0.39, 0.29) is 0 Å². The lowest BCUT2D eigenvalue weighted by Gasteiger charge is -2.04. The summed E-state index contributed by atoms with van der Waals surface area (Å²) in [4.78, 5) is 3.89. The van der Waals surface area contributed by atoms with Crippen LogP contribution in [-0.4, -0.2) is 21.3 Å². The van der Waals surface area contributed by atoms with Gasteiger partial charge in [0.25, 0.3) is 0 Å². The zero-order valence-electron chi connectivity index (χ0n) is 10.3. The Morgan fingerprint density at radius 1 is 1.47 bits per heavy atom. The highest BCUT2D eigenvalue weighted by atomic mass is 16.3. The van der Waals surface area contributed by atoms with Crippen LogP contribution in [0.4, 0.5) is 0 Å². The molecule has 0 aliphatic carbocycles. The molecule has 2 aromatic rings. The number of nitrogens with zero attached hydrogens (tertiary/aromatic N) is 3. The van der Waals surface area contributed by atoms with E-state index in [2.05, 4.69) is 35.3 Å². The minimum absolute atomic E-state index is 0.629. The van der Waals surface area contributed by atoms with Gasteiger partial charge in [-0.2, -0.15) is 5.10 Å². The van der Waals surface area contributed by atoms with E-state index in [0.717, 1.165) is 18.8 Å². The van der Waals surface area contributed by atoms with Crippen LogP contribution in [-0.2, 0) is 13.1 Å². The molecule has 0 saturated carbocycles. The summed E-state index contributed by atoms with van der Waals surface area (Å²) < 4.78 is 7.21. The number of hydrogen-bond donors (Lipinski definition) is 1. The van der Waals surface area contributed by atoms with Gasteiger partial charge in [0.2, 0.25) is 0 Å². The van der Waals surface area contributed by atoms with Crippen LogP contribution in [0, 0.1) is 5.92 Å². The largest absolute Gasteiger partial charge is 0.467 e. The van der Waals surface area contributed by atoms with Gasteiger partial charge >= 0.3 is 0 Å². The Kier molecular flexibility index (Phi) is 3.93. The lowest BCUT2D eigenvalue weighted by atomic mass is 10.2. The molecule has 0 atom stereocenters. The molecule has 0 bridgehead atoms. The lowest BCUT2D eigenvalue weighted by Crippen LogP contribution is -2.18. The molecule has 0 fully saturated rings. The summed E-state index contributed by atoms with van der Waals surface area (Å²) in [5.74, 6) is 1.56. The Balaban J connectivity index is 1.83. The molecule has 0 amide bonds. The van der Waals surface area contributed by atoms with Crippen molar-refractivity contribution in [3.05, 3.63) is 36.3 Å². The Bertz CT molecular complexity index is 433. The van der Waals surface area contributed by atoms with Gasteiger partial charge in [-0.15, -0.1) is 0 Å². The highest BCUT2D eigenvalue weighted by molar-refractivity contribution is 5.12. The Hall–Kier alpha value is -1.62. The predicted octanol–water partition coefficient (Wildman–Crippen LogP) is 1.67. The first-order chi connectivity index (χ1) is 8.24. The molecular formula is C12H18N4O. The monoisotopic (exact) mass is 234 g/mol. The summed E-state index contributed by atoms with van der Waals surface area (Å²) in [6.45, 7) is 6.88. The molecule has 5 heteroatoms. The fraction of sp³-hybridized carbons (Fsp3) is 0.500. The molecule has 2 rings (SSSR count). The first kappa shape index (κ1) is 11.9. The lowest BCUT2D eigenvalue weighted by molar-refractivity contribution is 0.476. The van der Waals surface area contributed by atoms with E-state index < -0.39 is 0 Å². The average molecular weight is 234 g/mol. The molecule has 5 nitrogen and oxygen atoms in total. The fourth-order valence-electron chi connectivity index (χ4n) is 1.58. The van der Waals surface area contributed by atoms with Crippen molar-refractivity contribution in [3.8, 4) is 0 Å². The van der Waals surface area contributed by atoms with E-state index in [1.54, 1.807) is 17.3 Å². The standard InChI is InChI=1S/C12H18N4O/c1-10(2)4-13-5-11-3-12(17-7-11)6-16-9-14-8-15-16/h3,7-10,13H,4-6H2,1-2H3. The smallest absolute Gasteiger partial charge is 0.137 e. The van der Waals surface area contributed by atoms with Gasteiger partial charge in [-0.25, -0.2) is 9.67 Å². The zero-order chi connectivity index (χ0) is 12.1. The first-order valence-electron chi connectivity index (χ1n) is 5.83. The van der Waals surface area contributed by atoms with Crippen LogP contribution in [0.3, 0.4) is 0 Å². The van der Waals surface area contributed by atoms with Crippen molar-refractivity contribution in [1.29, 1.82) is 0 Å². The van der Waals surface area contributed by atoms with Crippen molar-refractivity contribution in [3.63, 3.8) is 0 Å². The second-order valence-electron chi connectivity index (χ2n) is 4.54. The van der Waals surface area contributed by atoms with Crippen molar-refractivity contribution >= 4 is 0 Å². The number of hydrogen-bond acceptors (Lipinski definition) is 4. The van der Waals surface area contributed by atoms with Crippen LogP contribution < -0.4 is 5.32 Å². The third-order valence-corrected chi connectivity index (χ3v) is 2.37. The maximum atomic E-state index is 5.47. The Morgan fingerprint density at radius 3 is 3.06 bits per heavy atom. The molecule has 2 aromatic heterocycles. The van der Waals surface area contributed by atoms with Crippen molar-refractivity contribution < 1.29 is 4.42 Å². The van der Waals surface area contributed by atoms with Gasteiger partial charge in [0.05, 0.1) is 6.26 Å².